The molecule has 0 aliphatic rings. The van der Waals surface area contributed by atoms with Crippen molar-refractivity contribution in [2.45, 2.75) is 20.1 Å². The van der Waals surface area contributed by atoms with E-state index in [0.717, 1.165) is 16.8 Å². The van der Waals surface area contributed by atoms with Crippen LogP contribution >= 0.6 is 0 Å². The van der Waals surface area contributed by atoms with Crippen LogP contribution in [0.1, 0.15) is 12.5 Å². The number of carbonyl (C=O) groups is 2. The van der Waals surface area contributed by atoms with Gasteiger partial charge in [0.05, 0.1) is 18.8 Å². The standard InChI is InChI=1S/C23H25N3O5/c1-2-29-22(27)16-26-14-12-21(25-26)19-8-10-20(11-9-19)30-15-13-24-23(28)31-17-18-6-4-3-5-7-18/h3-12,14H,2,13,15-17H2,1H3,(H,24,28). The minimum Gasteiger partial charge on any atom is -0.492 e. The molecule has 8 nitrogen and oxygen atoms in total. The summed E-state index contributed by atoms with van der Waals surface area (Å²) in [5.74, 6) is 0.354. The van der Waals surface area contributed by atoms with Crippen molar-refractivity contribution in [3.63, 3.8) is 0 Å². The topological polar surface area (TPSA) is 91.7 Å². The summed E-state index contributed by atoms with van der Waals surface area (Å²) < 4.78 is 17.2. The molecule has 0 aliphatic heterocycles. The lowest BCUT2D eigenvalue weighted by Crippen LogP contribution is -2.28. The Bertz CT molecular complexity index is 970. The van der Waals surface area contributed by atoms with Gasteiger partial charge in [0.2, 0.25) is 0 Å². The van der Waals surface area contributed by atoms with Gasteiger partial charge >= 0.3 is 12.1 Å². The predicted octanol–water partition coefficient (Wildman–Crippen LogP) is 3.42. The average molecular weight is 423 g/mol. The van der Waals surface area contributed by atoms with Crippen LogP contribution < -0.4 is 10.1 Å². The monoisotopic (exact) mass is 423 g/mol. The van der Waals surface area contributed by atoms with Crippen molar-refractivity contribution < 1.29 is 23.8 Å². The lowest BCUT2D eigenvalue weighted by atomic mass is 10.1. The highest BCUT2D eigenvalue weighted by Gasteiger charge is 2.07. The average Bonchev–Trinajstić information content (AvgIpc) is 3.25. The van der Waals surface area contributed by atoms with Gasteiger partial charge in [-0.05, 0) is 42.8 Å². The Hall–Kier alpha value is -3.81. The molecule has 0 fully saturated rings. The largest absolute Gasteiger partial charge is 0.492 e. The van der Waals surface area contributed by atoms with E-state index < -0.39 is 6.09 Å². The minimum absolute atomic E-state index is 0.0792. The number of carbonyl (C=O) groups excluding carboxylic acids is 2. The van der Waals surface area contributed by atoms with E-state index in [4.69, 9.17) is 14.2 Å². The maximum atomic E-state index is 11.7. The zero-order valence-corrected chi connectivity index (χ0v) is 17.3. The highest BCUT2D eigenvalue weighted by Crippen LogP contribution is 2.20. The number of ether oxygens (including phenoxy) is 3. The van der Waals surface area contributed by atoms with Crippen LogP contribution in [0.4, 0.5) is 4.79 Å². The van der Waals surface area contributed by atoms with E-state index >= 15 is 0 Å². The normalized spacial score (nSPS) is 10.4. The van der Waals surface area contributed by atoms with E-state index in [1.807, 2.05) is 60.7 Å². The van der Waals surface area contributed by atoms with Gasteiger partial charge in [0, 0.05) is 11.8 Å². The summed E-state index contributed by atoms with van der Waals surface area (Å²) in [5, 5.41) is 7.03. The van der Waals surface area contributed by atoms with Gasteiger partial charge < -0.3 is 19.5 Å². The van der Waals surface area contributed by atoms with E-state index in [-0.39, 0.29) is 19.1 Å². The molecule has 0 radical (unpaired) electrons. The van der Waals surface area contributed by atoms with Crippen LogP contribution in [0.3, 0.4) is 0 Å². The Morgan fingerprint density at radius 2 is 1.77 bits per heavy atom. The fourth-order valence-corrected chi connectivity index (χ4v) is 2.76. The zero-order chi connectivity index (χ0) is 21.9. The van der Waals surface area contributed by atoms with Crippen LogP contribution in [0, 0.1) is 0 Å². The SMILES string of the molecule is CCOC(=O)Cn1ccc(-c2ccc(OCCNC(=O)OCc3ccccc3)cc2)n1. The fourth-order valence-electron chi connectivity index (χ4n) is 2.76. The van der Waals surface area contributed by atoms with Gasteiger partial charge in [-0.1, -0.05) is 30.3 Å². The van der Waals surface area contributed by atoms with Crippen LogP contribution in [-0.4, -0.2) is 41.6 Å². The molecule has 0 spiro atoms. The molecule has 3 rings (SSSR count). The second kappa shape index (κ2) is 11.4. The number of alkyl carbamates (subject to hydrolysis) is 1. The number of rotatable bonds is 10. The Morgan fingerprint density at radius 3 is 2.52 bits per heavy atom. The summed E-state index contributed by atoms with van der Waals surface area (Å²) in [6, 6.07) is 18.7. The van der Waals surface area contributed by atoms with E-state index in [1.165, 1.54) is 0 Å². The van der Waals surface area contributed by atoms with Crippen molar-refractivity contribution in [2.75, 3.05) is 19.8 Å². The van der Waals surface area contributed by atoms with E-state index in [9.17, 15) is 9.59 Å². The fraction of sp³-hybridized carbons (Fsp3) is 0.261. The maximum Gasteiger partial charge on any atom is 0.407 e. The molecule has 31 heavy (non-hydrogen) atoms. The van der Waals surface area contributed by atoms with Gasteiger partial charge in [-0.25, -0.2) is 4.79 Å². The van der Waals surface area contributed by atoms with Gasteiger partial charge in [-0.15, -0.1) is 0 Å². The summed E-state index contributed by atoms with van der Waals surface area (Å²) >= 11 is 0. The molecule has 1 N–H and O–H groups in total. The Balaban J connectivity index is 1.38. The second-order valence-corrected chi connectivity index (χ2v) is 6.56. The Morgan fingerprint density at radius 1 is 1.00 bits per heavy atom. The summed E-state index contributed by atoms with van der Waals surface area (Å²) in [7, 11) is 0. The number of nitrogens with one attached hydrogen (secondary N) is 1. The van der Waals surface area contributed by atoms with Crippen LogP contribution in [0.5, 0.6) is 5.75 Å². The summed E-state index contributed by atoms with van der Waals surface area (Å²) in [5.41, 5.74) is 2.58. The molecule has 0 saturated heterocycles. The molecular formula is C23H25N3O5. The first-order valence-electron chi connectivity index (χ1n) is 10.0. The Kier molecular flexibility index (Phi) is 8.05. The number of hydrogen-bond donors (Lipinski definition) is 1. The molecule has 1 amide bonds. The van der Waals surface area contributed by atoms with Crippen molar-refractivity contribution in [1.82, 2.24) is 15.1 Å². The number of amides is 1. The maximum absolute atomic E-state index is 11.7. The molecule has 0 aliphatic carbocycles. The first-order chi connectivity index (χ1) is 15.1. The molecule has 0 bridgehead atoms. The first kappa shape index (κ1) is 21.9. The van der Waals surface area contributed by atoms with Gasteiger partial charge in [0.1, 0.15) is 25.5 Å². The van der Waals surface area contributed by atoms with Crippen LogP contribution in [0.15, 0.2) is 66.9 Å². The lowest BCUT2D eigenvalue weighted by molar-refractivity contribution is -0.144. The minimum atomic E-state index is -0.485. The lowest BCUT2D eigenvalue weighted by Gasteiger charge is -2.09. The smallest absolute Gasteiger partial charge is 0.407 e. The third-order valence-electron chi connectivity index (χ3n) is 4.24. The van der Waals surface area contributed by atoms with Crippen LogP contribution in [-0.2, 0) is 27.4 Å². The summed E-state index contributed by atoms with van der Waals surface area (Å²) in [6.07, 6.45) is 1.25. The van der Waals surface area contributed by atoms with Gasteiger partial charge in [-0.3, -0.25) is 9.48 Å². The molecular weight excluding hydrogens is 398 g/mol. The van der Waals surface area contributed by atoms with Crippen molar-refractivity contribution in [2.24, 2.45) is 0 Å². The van der Waals surface area contributed by atoms with Crippen molar-refractivity contribution in [3.8, 4) is 17.0 Å². The summed E-state index contributed by atoms with van der Waals surface area (Å²) in [4.78, 5) is 23.2. The van der Waals surface area contributed by atoms with E-state index in [2.05, 4.69) is 10.4 Å². The van der Waals surface area contributed by atoms with E-state index in [0.29, 0.717) is 25.5 Å². The number of benzene rings is 2. The number of esters is 1. The third-order valence-corrected chi connectivity index (χ3v) is 4.24. The molecule has 1 aromatic heterocycles. The molecule has 0 saturated carbocycles. The molecule has 162 valence electrons. The predicted molar refractivity (Wildman–Crippen MR) is 114 cm³/mol. The van der Waals surface area contributed by atoms with Crippen molar-refractivity contribution >= 4 is 12.1 Å². The molecule has 8 heteroatoms. The number of aromatic nitrogens is 2. The molecule has 3 aromatic rings. The van der Waals surface area contributed by atoms with Crippen molar-refractivity contribution in [1.29, 1.82) is 0 Å². The van der Waals surface area contributed by atoms with Crippen LogP contribution in [0.25, 0.3) is 11.3 Å². The molecule has 0 atom stereocenters. The van der Waals surface area contributed by atoms with Gasteiger partial charge in [0.25, 0.3) is 0 Å². The number of hydrogen-bond acceptors (Lipinski definition) is 6. The quantitative estimate of drug-likeness (QED) is 0.397. The van der Waals surface area contributed by atoms with Gasteiger partial charge in [0.15, 0.2) is 0 Å². The van der Waals surface area contributed by atoms with Crippen LogP contribution in [0.2, 0.25) is 0 Å². The molecule has 1 heterocycles. The first-order valence-corrected chi connectivity index (χ1v) is 10.0. The summed E-state index contributed by atoms with van der Waals surface area (Å²) in [6.45, 7) is 3.06. The van der Waals surface area contributed by atoms with Crippen molar-refractivity contribution in [3.05, 3.63) is 72.4 Å². The highest BCUT2D eigenvalue weighted by molar-refractivity contribution is 5.69. The van der Waals surface area contributed by atoms with Gasteiger partial charge in [-0.2, -0.15) is 5.10 Å². The van der Waals surface area contributed by atoms with E-state index in [1.54, 1.807) is 17.8 Å². The second-order valence-electron chi connectivity index (χ2n) is 6.56. The number of nitrogens with zero attached hydrogens (tertiary/aromatic N) is 2. The third kappa shape index (κ3) is 7.18. The molecule has 2 aromatic carbocycles. The Labute approximate surface area is 180 Å². The molecule has 0 unspecified atom stereocenters. The zero-order valence-electron chi connectivity index (χ0n) is 17.3. The highest BCUT2D eigenvalue weighted by atomic mass is 16.5.